The Morgan fingerprint density at radius 3 is 2.45 bits per heavy atom. The quantitative estimate of drug-likeness (QED) is 0.667. The van der Waals surface area contributed by atoms with Gasteiger partial charge in [-0.05, 0) is 45.4 Å². The van der Waals surface area contributed by atoms with Crippen LogP contribution in [0.25, 0.3) is 0 Å². The lowest BCUT2D eigenvalue weighted by Crippen LogP contribution is -2.08. The third kappa shape index (κ3) is 2.82. The van der Waals surface area contributed by atoms with Gasteiger partial charge in [-0.2, -0.15) is 0 Å². The van der Waals surface area contributed by atoms with Crippen LogP contribution in [0.5, 0.6) is 0 Å². The maximum Gasteiger partial charge on any atom is 0.269 e. The summed E-state index contributed by atoms with van der Waals surface area (Å²) in [6, 6.07) is 6.91. The van der Waals surface area contributed by atoms with Crippen LogP contribution in [0.4, 0.5) is 11.4 Å². The van der Waals surface area contributed by atoms with Crippen molar-refractivity contribution in [3.05, 3.63) is 57.0 Å². The Morgan fingerprint density at radius 2 is 1.95 bits per heavy atom. The largest absolute Gasteiger partial charge is 0.466 e. The normalized spacial score (nSPS) is 12.2. The summed E-state index contributed by atoms with van der Waals surface area (Å²) in [5, 5.41) is 14.1. The molecule has 5 heteroatoms. The molecule has 1 heterocycles. The first-order valence-corrected chi connectivity index (χ1v) is 6.47. The summed E-state index contributed by atoms with van der Waals surface area (Å²) in [4.78, 5) is 10.3. The van der Waals surface area contributed by atoms with Crippen molar-refractivity contribution < 1.29 is 9.34 Å². The number of rotatable bonds is 4. The number of nitrogens with one attached hydrogen (secondary N) is 1. The summed E-state index contributed by atoms with van der Waals surface area (Å²) in [6.07, 6.45) is 0. The molecule has 2 aromatic rings. The van der Waals surface area contributed by atoms with Crippen LogP contribution >= 0.6 is 0 Å². The zero-order valence-electron chi connectivity index (χ0n) is 12.1. The van der Waals surface area contributed by atoms with Crippen LogP contribution in [0.2, 0.25) is 0 Å². The fraction of sp³-hybridized carbons (Fsp3) is 0.333. The summed E-state index contributed by atoms with van der Waals surface area (Å²) in [5.74, 6) is 1.77. The Labute approximate surface area is 117 Å². The highest BCUT2D eigenvalue weighted by molar-refractivity contribution is 5.56. The topological polar surface area (TPSA) is 68.3 Å². The van der Waals surface area contributed by atoms with Gasteiger partial charge in [-0.1, -0.05) is 0 Å². The third-order valence-electron chi connectivity index (χ3n) is 3.34. The lowest BCUT2D eigenvalue weighted by Gasteiger charge is -2.16. The minimum atomic E-state index is -0.385. The first-order chi connectivity index (χ1) is 9.38. The zero-order valence-corrected chi connectivity index (χ0v) is 12.1. The molecule has 1 aromatic heterocycles. The van der Waals surface area contributed by atoms with Gasteiger partial charge in [-0.25, -0.2) is 0 Å². The fourth-order valence-corrected chi connectivity index (χ4v) is 2.31. The van der Waals surface area contributed by atoms with Gasteiger partial charge in [-0.15, -0.1) is 0 Å². The van der Waals surface area contributed by atoms with Crippen LogP contribution in [-0.4, -0.2) is 4.92 Å². The Morgan fingerprint density at radius 1 is 1.25 bits per heavy atom. The molecule has 0 saturated carbocycles. The number of benzene rings is 1. The van der Waals surface area contributed by atoms with Gasteiger partial charge in [0.05, 0.1) is 11.0 Å². The summed E-state index contributed by atoms with van der Waals surface area (Å²) in [7, 11) is 0. The van der Waals surface area contributed by atoms with Crippen molar-refractivity contribution in [1.29, 1.82) is 0 Å². The minimum absolute atomic E-state index is 0.0765. The monoisotopic (exact) mass is 274 g/mol. The molecule has 0 fully saturated rings. The summed E-state index contributed by atoms with van der Waals surface area (Å²) < 4.78 is 5.52. The van der Waals surface area contributed by atoms with E-state index in [9.17, 15) is 10.1 Å². The van der Waals surface area contributed by atoms with Crippen molar-refractivity contribution >= 4 is 11.4 Å². The summed E-state index contributed by atoms with van der Waals surface area (Å²) in [6.45, 7) is 7.75. The van der Waals surface area contributed by atoms with Crippen LogP contribution in [0, 0.1) is 30.9 Å². The molecule has 0 radical (unpaired) electrons. The van der Waals surface area contributed by atoms with Crippen molar-refractivity contribution in [2.75, 3.05) is 5.32 Å². The van der Waals surface area contributed by atoms with E-state index in [1.807, 2.05) is 33.8 Å². The molecule has 0 aliphatic rings. The van der Waals surface area contributed by atoms with Crippen LogP contribution < -0.4 is 5.32 Å². The summed E-state index contributed by atoms with van der Waals surface area (Å²) in [5.41, 5.74) is 2.95. The van der Waals surface area contributed by atoms with Crippen LogP contribution in [0.1, 0.15) is 35.6 Å². The number of non-ortho nitro benzene ring substituents is 1. The number of aryl methyl sites for hydroxylation is 3. The second-order valence-electron chi connectivity index (χ2n) is 4.99. The molecule has 0 aliphatic carbocycles. The number of nitro benzene ring substituents is 1. The lowest BCUT2D eigenvalue weighted by atomic mass is 10.1. The lowest BCUT2D eigenvalue weighted by molar-refractivity contribution is -0.384. The van der Waals surface area contributed by atoms with Crippen molar-refractivity contribution in [2.45, 2.75) is 33.7 Å². The van der Waals surface area contributed by atoms with Gasteiger partial charge in [0.25, 0.3) is 5.69 Å². The maximum atomic E-state index is 10.7. The molecule has 0 saturated heterocycles. The fourth-order valence-electron chi connectivity index (χ4n) is 2.31. The molecule has 106 valence electrons. The van der Waals surface area contributed by atoms with E-state index in [0.717, 1.165) is 28.3 Å². The predicted molar refractivity (Wildman–Crippen MR) is 78.1 cm³/mol. The highest BCUT2D eigenvalue weighted by atomic mass is 16.6. The SMILES string of the molecule is Cc1cc(C(C)Nc2ccc([N+](=O)[O-])cc2C)c(C)o1. The number of hydrogen-bond acceptors (Lipinski definition) is 4. The van der Waals surface area contributed by atoms with E-state index in [1.54, 1.807) is 12.1 Å². The number of nitro groups is 1. The van der Waals surface area contributed by atoms with E-state index >= 15 is 0 Å². The molecule has 5 nitrogen and oxygen atoms in total. The van der Waals surface area contributed by atoms with Crippen LogP contribution in [0.15, 0.2) is 28.7 Å². The smallest absolute Gasteiger partial charge is 0.269 e. The average molecular weight is 274 g/mol. The third-order valence-corrected chi connectivity index (χ3v) is 3.34. The highest BCUT2D eigenvalue weighted by Gasteiger charge is 2.14. The molecular formula is C15H18N2O3. The molecule has 0 spiro atoms. The van der Waals surface area contributed by atoms with Gasteiger partial charge in [0.15, 0.2) is 0 Å². The van der Waals surface area contributed by atoms with E-state index in [1.165, 1.54) is 6.07 Å². The van der Waals surface area contributed by atoms with Gasteiger partial charge >= 0.3 is 0 Å². The van der Waals surface area contributed by atoms with E-state index in [0.29, 0.717) is 0 Å². The molecule has 1 N–H and O–H groups in total. The molecule has 20 heavy (non-hydrogen) atoms. The molecule has 1 unspecified atom stereocenters. The zero-order chi connectivity index (χ0) is 14.9. The predicted octanol–water partition coefficient (Wildman–Crippen LogP) is 4.29. The van der Waals surface area contributed by atoms with Crippen LogP contribution in [0.3, 0.4) is 0 Å². The Balaban J connectivity index is 2.22. The second-order valence-corrected chi connectivity index (χ2v) is 4.99. The summed E-state index contributed by atoms with van der Waals surface area (Å²) >= 11 is 0. The van der Waals surface area contributed by atoms with E-state index < -0.39 is 0 Å². The Hall–Kier alpha value is -2.30. The minimum Gasteiger partial charge on any atom is -0.466 e. The number of furan rings is 1. The number of hydrogen-bond donors (Lipinski definition) is 1. The first kappa shape index (κ1) is 14.1. The molecule has 0 bridgehead atoms. The second kappa shape index (κ2) is 5.36. The van der Waals surface area contributed by atoms with Crippen molar-refractivity contribution in [1.82, 2.24) is 0 Å². The van der Waals surface area contributed by atoms with Gasteiger partial charge in [0, 0.05) is 23.4 Å². The molecule has 1 aromatic carbocycles. The number of nitrogens with zero attached hydrogens (tertiary/aromatic N) is 1. The standard InChI is InChI=1S/C15H18N2O3/c1-9-7-13(17(18)19)5-6-15(9)16-11(3)14-8-10(2)20-12(14)4/h5-8,11,16H,1-4H3. The van der Waals surface area contributed by atoms with Crippen molar-refractivity contribution in [3.63, 3.8) is 0 Å². The van der Waals surface area contributed by atoms with Crippen molar-refractivity contribution in [3.8, 4) is 0 Å². The number of anilines is 1. The van der Waals surface area contributed by atoms with E-state index in [4.69, 9.17) is 4.42 Å². The van der Waals surface area contributed by atoms with Gasteiger partial charge in [0.1, 0.15) is 11.5 Å². The van der Waals surface area contributed by atoms with Gasteiger partial charge < -0.3 is 9.73 Å². The molecule has 0 amide bonds. The molecule has 0 aliphatic heterocycles. The average Bonchev–Trinajstić information content (AvgIpc) is 2.70. The van der Waals surface area contributed by atoms with Crippen molar-refractivity contribution in [2.24, 2.45) is 0 Å². The molecular weight excluding hydrogens is 256 g/mol. The Bertz CT molecular complexity index is 647. The maximum absolute atomic E-state index is 10.7. The van der Waals surface area contributed by atoms with E-state index in [-0.39, 0.29) is 16.7 Å². The molecule has 2 rings (SSSR count). The first-order valence-electron chi connectivity index (χ1n) is 6.47. The van der Waals surface area contributed by atoms with Gasteiger partial charge in [0.2, 0.25) is 0 Å². The van der Waals surface area contributed by atoms with Crippen LogP contribution in [-0.2, 0) is 0 Å². The highest BCUT2D eigenvalue weighted by Crippen LogP contribution is 2.28. The van der Waals surface area contributed by atoms with E-state index in [2.05, 4.69) is 5.32 Å². The Kier molecular flexibility index (Phi) is 3.79. The molecule has 1 atom stereocenters. The van der Waals surface area contributed by atoms with Gasteiger partial charge in [-0.3, -0.25) is 10.1 Å².